The van der Waals surface area contributed by atoms with Crippen LogP contribution in [0.15, 0.2) is 0 Å². The third-order valence-electron chi connectivity index (χ3n) is 1.34. The van der Waals surface area contributed by atoms with E-state index in [1.165, 1.54) is 0 Å². The Morgan fingerprint density at radius 3 is 2.18 bits per heavy atom. The van der Waals surface area contributed by atoms with Gasteiger partial charge in [0.1, 0.15) is 6.04 Å². The van der Waals surface area contributed by atoms with Gasteiger partial charge in [0.05, 0.1) is 0 Å². The molecule has 11 heavy (non-hydrogen) atoms. The van der Waals surface area contributed by atoms with Crippen LogP contribution in [0.25, 0.3) is 0 Å². The lowest BCUT2D eigenvalue weighted by molar-refractivity contribution is -0.149. The first-order valence-electron chi connectivity index (χ1n) is 3.41. The number of hydrogen-bond acceptors (Lipinski definition) is 2. The van der Waals surface area contributed by atoms with E-state index in [0.717, 1.165) is 0 Å². The minimum absolute atomic E-state index is 0.0788. The molecule has 0 saturated carbocycles. The highest BCUT2D eigenvalue weighted by Gasteiger charge is 2.35. The van der Waals surface area contributed by atoms with Crippen LogP contribution >= 0.6 is 0 Å². The maximum absolute atomic E-state index is 11.7. The third-order valence-corrected chi connectivity index (χ3v) is 1.34. The fraction of sp³-hybridized carbons (Fsp3) is 1.00. The highest BCUT2D eigenvalue weighted by atomic mass is 19.4. The highest BCUT2D eigenvalue weighted by molar-refractivity contribution is 4.69. The summed E-state index contributed by atoms with van der Waals surface area (Å²) >= 11 is 0. The van der Waals surface area contributed by atoms with Crippen LogP contribution < -0.4 is 5.73 Å². The van der Waals surface area contributed by atoms with Crippen molar-refractivity contribution in [1.82, 2.24) is 0 Å². The molecule has 0 aliphatic heterocycles. The summed E-state index contributed by atoms with van der Waals surface area (Å²) in [6.07, 6.45) is -3.71. The van der Waals surface area contributed by atoms with Gasteiger partial charge in [-0.25, -0.2) is 0 Å². The van der Waals surface area contributed by atoms with Crippen LogP contribution in [0.4, 0.5) is 13.2 Å². The predicted octanol–water partition coefficient (Wildman–Crippen LogP) is 1.04. The van der Waals surface area contributed by atoms with Crippen molar-refractivity contribution in [3.63, 3.8) is 0 Å². The Kier molecular flexibility index (Phi) is 4.44. The number of aliphatic hydroxyl groups excluding tert-OH is 1. The van der Waals surface area contributed by atoms with Gasteiger partial charge in [0.15, 0.2) is 0 Å². The van der Waals surface area contributed by atoms with Gasteiger partial charge < -0.3 is 10.8 Å². The van der Waals surface area contributed by atoms with Crippen LogP contribution in [0.2, 0.25) is 0 Å². The molecule has 0 aliphatic carbocycles. The fourth-order valence-corrected chi connectivity index (χ4v) is 0.640. The molecule has 0 amide bonds. The summed E-state index contributed by atoms with van der Waals surface area (Å²) in [6, 6.07) is -1.74. The molecule has 0 radical (unpaired) electrons. The molecule has 1 atom stereocenters. The van der Waals surface area contributed by atoms with Crippen LogP contribution in [-0.2, 0) is 0 Å². The first-order chi connectivity index (χ1) is 4.98. The molecule has 0 aliphatic rings. The zero-order chi connectivity index (χ0) is 8.91. The number of rotatable bonds is 4. The van der Waals surface area contributed by atoms with E-state index in [1.807, 2.05) is 0 Å². The Morgan fingerprint density at radius 1 is 1.27 bits per heavy atom. The van der Waals surface area contributed by atoms with E-state index in [1.54, 1.807) is 0 Å². The average molecular weight is 171 g/mol. The van der Waals surface area contributed by atoms with E-state index < -0.39 is 12.2 Å². The lowest BCUT2D eigenvalue weighted by Crippen LogP contribution is -2.37. The number of unbranched alkanes of at least 4 members (excludes halogenated alkanes) is 1. The number of nitrogens with two attached hydrogens (primary N) is 1. The van der Waals surface area contributed by atoms with Gasteiger partial charge in [-0.05, 0) is 19.3 Å². The van der Waals surface area contributed by atoms with Crippen LogP contribution in [0.5, 0.6) is 0 Å². The van der Waals surface area contributed by atoms with Crippen molar-refractivity contribution in [1.29, 1.82) is 0 Å². The molecule has 1 unspecified atom stereocenters. The molecule has 5 heteroatoms. The summed E-state index contributed by atoms with van der Waals surface area (Å²) in [7, 11) is 0. The molecular weight excluding hydrogens is 159 g/mol. The molecule has 0 aromatic carbocycles. The van der Waals surface area contributed by atoms with E-state index >= 15 is 0 Å². The van der Waals surface area contributed by atoms with Crippen LogP contribution in [0, 0.1) is 0 Å². The van der Waals surface area contributed by atoms with Crippen molar-refractivity contribution in [3.8, 4) is 0 Å². The summed E-state index contributed by atoms with van der Waals surface area (Å²) < 4.78 is 35.1. The van der Waals surface area contributed by atoms with Gasteiger partial charge in [0.25, 0.3) is 0 Å². The minimum Gasteiger partial charge on any atom is -0.396 e. The first kappa shape index (κ1) is 10.7. The van der Waals surface area contributed by atoms with Crippen molar-refractivity contribution in [3.05, 3.63) is 0 Å². The quantitative estimate of drug-likeness (QED) is 0.621. The van der Waals surface area contributed by atoms with Gasteiger partial charge in [-0.3, -0.25) is 0 Å². The Hall–Kier alpha value is -0.290. The Balaban J connectivity index is 3.44. The van der Waals surface area contributed by atoms with Gasteiger partial charge in [-0.2, -0.15) is 13.2 Å². The third kappa shape index (κ3) is 5.03. The largest absolute Gasteiger partial charge is 0.403 e. The van der Waals surface area contributed by atoms with Crippen LogP contribution in [-0.4, -0.2) is 23.9 Å². The monoisotopic (exact) mass is 171 g/mol. The van der Waals surface area contributed by atoms with E-state index in [-0.39, 0.29) is 13.0 Å². The van der Waals surface area contributed by atoms with E-state index in [0.29, 0.717) is 12.8 Å². The van der Waals surface area contributed by atoms with Gasteiger partial charge in [0, 0.05) is 6.61 Å². The lowest BCUT2D eigenvalue weighted by Gasteiger charge is -2.14. The second-order valence-corrected chi connectivity index (χ2v) is 2.37. The molecule has 2 nitrogen and oxygen atoms in total. The topological polar surface area (TPSA) is 46.2 Å². The molecule has 68 valence electrons. The SMILES string of the molecule is NC(CCCCO)C(F)(F)F. The van der Waals surface area contributed by atoms with Crippen molar-refractivity contribution >= 4 is 0 Å². The smallest absolute Gasteiger partial charge is 0.396 e. The Labute approximate surface area is 63.2 Å². The van der Waals surface area contributed by atoms with Crippen molar-refractivity contribution in [2.45, 2.75) is 31.5 Å². The number of aliphatic hydroxyl groups is 1. The van der Waals surface area contributed by atoms with E-state index in [2.05, 4.69) is 0 Å². The molecule has 0 fully saturated rings. The van der Waals surface area contributed by atoms with Crippen LogP contribution in [0.3, 0.4) is 0 Å². The molecule has 0 bridgehead atoms. The summed E-state index contributed by atoms with van der Waals surface area (Å²) in [6.45, 7) is -0.0788. The molecule has 3 N–H and O–H groups in total. The highest BCUT2D eigenvalue weighted by Crippen LogP contribution is 2.21. The number of hydrogen-bond donors (Lipinski definition) is 2. The van der Waals surface area contributed by atoms with Gasteiger partial charge in [-0.1, -0.05) is 0 Å². The second kappa shape index (κ2) is 4.56. The van der Waals surface area contributed by atoms with Crippen LogP contribution in [0.1, 0.15) is 19.3 Å². The molecule has 0 aromatic rings. The lowest BCUT2D eigenvalue weighted by atomic mass is 10.1. The maximum Gasteiger partial charge on any atom is 0.403 e. The summed E-state index contributed by atoms with van der Waals surface area (Å²) in [5, 5.41) is 8.26. The van der Waals surface area contributed by atoms with E-state index in [4.69, 9.17) is 10.8 Å². The zero-order valence-corrected chi connectivity index (χ0v) is 6.06. The maximum atomic E-state index is 11.7. The van der Waals surface area contributed by atoms with E-state index in [9.17, 15) is 13.2 Å². The van der Waals surface area contributed by atoms with Crippen molar-refractivity contribution < 1.29 is 18.3 Å². The molecule has 0 saturated heterocycles. The molecule has 0 aromatic heterocycles. The normalized spacial score (nSPS) is 15.0. The summed E-state index contributed by atoms with van der Waals surface area (Å²) in [4.78, 5) is 0. The predicted molar refractivity (Wildman–Crippen MR) is 35.0 cm³/mol. The average Bonchev–Trinajstić information content (AvgIpc) is 1.86. The number of halogens is 3. The fourth-order valence-electron chi connectivity index (χ4n) is 0.640. The minimum atomic E-state index is -4.30. The second-order valence-electron chi connectivity index (χ2n) is 2.37. The summed E-state index contributed by atoms with van der Waals surface area (Å²) in [5.74, 6) is 0. The van der Waals surface area contributed by atoms with Gasteiger partial charge in [-0.15, -0.1) is 0 Å². The Morgan fingerprint density at radius 2 is 1.82 bits per heavy atom. The molecular formula is C6H12F3NO. The first-order valence-corrected chi connectivity index (χ1v) is 3.41. The zero-order valence-electron chi connectivity index (χ0n) is 6.06. The molecule has 0 rings (SSSR count). The summed E-state index contributed by atoms with van der Waals surface area (Å²) in [5.41, 5.74) is 4.78. The molecule has 0 spiro atoms. The van der Waals surface area contributed by atoms with Crippen molar-refractivity contribution in [2.24, 2.45) is 5.73 Å². The standard InChI is InChI=1S/C6H12F3NO/c7-6(8,9)5(10)3-1-2-4-11/h5,11H,1-4,10H2. The van der Waals surface area contributed by atoms with Crippen molar-refractivity contribution in [2.75, 3.05) is 6.61 Å². The van der Waals surface area contributed by atoms with Gasteiger partial charge in [0.2, 0.25) is 0 Å². The Bertz CT molecular complexity index is 104. The number of alkyl halides is 3. The molecule has 0 heterocycles. The van der Waals surface area contributed by atoms with Gasteiger partial charge >= 0.3 is 6.18 Å².